The number of hydrogen-bond donors (Lipinski definition) is 3. The molecule has 0 amide bonds. The number of benzene rings is 1. The molecule has 0 aliphatic rings. The van der Waals surface area contributed by atoms with E-state index in [1.807, 2.05) is 0 Å². The van der Waals surface area contributed by atoms with Crippen LogP contribution in [0, 0.1) is 5.92 Å². The van der Waals surface area contributed by atoms with Crippen LogP contribution >= 0.6 is 0 Å². The van der Waals surface area contributed by atoms with Gasteiger partial charge >= 0.3 is 6.18 Å². The number of amidine groups is 1. The van der Waals surface area contributed by atoms with Crippen LogP contribution in [0.2, 0.25) is 0 Å². The van der Waals surface area contributed by atoms with Gasteiger partial charge in [0.25, 0.3) is 0 Å². The van der Waals surface area contributed by atoms with Gasteiger partial charge in [-0.2, -0.15) is 13.2 Å². The van der Waals surface area contributed by atoms with Crippen LogP contribution in [0.25, 0.3) is 0 Å². The third kappa shape index (κ3) is 4.52. The van der Waals surface area contributed by atoms with Gasteiger partial charge in [-0.25, -0.2) is 0 Å². The molecule has 0 radical (unpaired) electrons. The van der Waals surface area contributed by atoms with Crippen LogP contribution in [0.15, 0.2) is 29.4 Å². The number of oxime groups is 1. The zero-order chi connectivity index (χ0) is 16.0. The Kier molecular flexibility index (Phi) is 5.83. The Bertz CT molecular complexity index is 492. The molecule has 5 nitrogen and oxygen atoms in total. The smallest absolute Gasteiger partial charge is 0.400 e. The molecule has 1 aromatic carbocycles. The second-order valence-corrected chi connectivity index (χ2v) is 4.49. The molecule has 4 N–H and O–H groups in total. The van der Waals surface area contributed by atoms with Crippen LogP contribution < -0.4 is 15.8 Å². The van der Waals surface area contributed by atoms with E-state index in [0.717, 1.165) is 5.56 Å². The summed E-state index contributed by atoms with van der Waals surface area (Å²) < 4.78 is 43.6. The third-order valence-corrected chi connectivity index (χ3v) is 3.10. The maximum absolute atomic E-state index is 12.8. The maximum Gasteiger partial charge on any atom is 0.400 e. The molecule has 21 heavy (non-hydrogen) atoms. The van der Waals surface area contributed by atoms with Crippen molar-refractivity contribution < 1.29 is 23.1 Å². The molecule has 0 aliphatic carbocycles. The Balaban J connectivity index is 2.81. The fraction of sp³-hybridized carbons (Fsp3) is 0.462. The standard InChI is InChI=1S/C13H18F3N3O2/c1-8(9-5-3-4-6-11(9)21-2)18-7-10(12(17)19-20)13(14,15)16/h3-6,8,10,18,20H,7H2,1-2H3,(H2,17,19)/t8-,10?/m1/s1. The Hall–Kier alpha value is -1.96. The van der Waals surface area contributed by atoms with Gasteiger partial charge in [-0.05, 0) is 13.0 Å². The summed E-state index contributed by atoms with van der Waals surface area (Å²) in [6.45, 7) is 1.20. The number of nitrogens with two attached hydrogens (primary N) is 1. The molecule has 1 rings (SSSR count). The molecule has 0 heterocycles. The highest BCUT2D eigenvalue weighted by Crippen LogP contribution is 2.28. The van der Waals surface area contributed by atoms with Crippen molar-refractivity contribution in [3.63, 3.8) is 0 Å². The fourth-order valence-electron chi connectivity index (χ4n) is 1.89. The van der Waals surface area contributed by atoms with Crippen molar-refractivity contribution in [2.75, 3.05) is 13.7 Å². The first-order valence-electron chi connectivity index (χ1n) is 6.21. The number of para-hydroxylation sites is 1. The Morgan fingerprint density at radius 1 is 1.43 bits per heavy atom. The molecular weight excluding hydrogens is 287 g/mol. The van der Waals surface area contributed by atoms with Crippen molar-refractivity contribution in [1.82, 2.24) is 5.32 Å². The van der Waals surface area contributed by atoms with E-state index in [2.05, 4.69) is 10.5 Å². The second kappa shape index (κ2) is 7.16. The topological polar surface area (TPSA) is 79.9 Å². The lowest BCUT2D eigenvalue weighted by atomic mass is 10.0. The van der Waals surface area contributed by atoms with E-state index in [0.29, 0.717) is 5.75 Å². The van der Waals surface area contributed by atoms with Gasteiger partial charge in [0.15, 0.2) is 5.84 Å². The van der Waals surface area contributed by atoms with Gasteiger partial charge in [-0.15, -0.1) is 0 Å². The summed E-state index contributed by atoms with van der Waals surface area (Å²) in [6.07, 6.45) is -4.59. The molecule has 1 unspecified atom stereocenters. The summed E-state index contributed by atoms with van der Waals surface area (Å²) in [5, 5.41) is 13.6. The second-order valence-electron chi connectivity index (χ2n) is 4.49. The molecule has 0 aliphatic heterocycles. The summed E-state index contributed by atoms with van der Waals surface area (Å²) in [5.41, 5.74) is 5.82. The first-order valence-corrected chi connectivity index (χ1v) is 6.21. The summed E-state index contributed by atoms with van der Waals surface area (Å²) in [4.78, 5) is 0. The monoisotopic (exact) mass is 305 g/mol. The summed E-state index contributed by atoms with van der Waals surface area (Å²) in [6, 6.07) is 6.61. The van der Waals surface area contributed by atoms with Crippen molar-refractivity contribution in [3.05, 3.63) is 29.8 Å². The quantitative estimate of drug-likeness (QED) is 0.326. The minimum absolute atomic E-state index is 0.391. The average molecular weight is 305 g/mol. The van der Waals surface area contributed by atoms with Gasteiger partial charge in [-0.1, -0.05) is 23.4 Å². The van der Waals surface area contributed by atoms with Gasteiger partial charge in [0.1, 0.15) is 11.7 Å². The molecule has 0 saturated carbocycles. The third-order valence-electron chi connectivity index (χ3n) is 3.10. The van der Waals surface area contributed by atoms with Crippen molar-refractivity contribution in [2.45, 2.75) is 19.1 Å². The van der Waals surface area contributed by atoms with E-state index < -0.39 is 30.5 Å². The molecule has 118 valence electrons. The maximum atomic E-state index is 12.8. The number of nitrogens with zero attached hydrogens (tertiary/aromatic N) is 1. The largest absolute Gasteiger partial charge is 0.496 e. The van der Waals surface area contributed by atoms with Gasteiger partial charge in [0.05, 0.1) is 7.11 Å². The van der Waals surface area contributed by atoms with Gasteiger partial charge in [0.2, 0.25) is 0 Å². The summed E-state index contributed by atoms with van der Waals surface area (Å²) >= 11 is 0. The molecule has 1 aromatic rings. The predicted molar refractivity (Wildman–Crippen MR) is 72.4 cm³/mol. The lowest BCUT2D eigenvalue weighted by molar-refractivity contribution is -0.155. The van der Waals surface area contributed by atoms with E-state index in [1.54, 1.807) is 31.2 Å². The van der Waals surface area contributed by atoms with Crippen LogP contribution in [-0.4, -0.2) is 30.9 Å². The van der Waals surface area contributed by atoms with Gasteiger partial charge in [0, 0.05) is 18.2 Å². The number of halogens is 3. The minimum Gasteiger partial charge on any atom is -0.496 e. The highest BCUT2D eigenvalue weighted by Gasteiger charge is 2.42. The van der Waals surface area contributed by atoms with Crippen molar-refractivity contribution >= 4 is 5.84 Å². The molecule has 0 saturated heterocycles. The molecule has 0 bridgehead atoms. The average Bonchev–Trinajstić information content (AvgIpc) is 2.45. The number of alkyl halides is 3. The summed E-state index contributed by atoms with van der Waals surface area (Å²) in [5.74, 6) is -2.35. The van der Waals surface area contributed by atoms with Gasteiger partial charge < -0.3 is 21.0 Å². The predicted octanol–water partition coefficient (Wildman–Crippen LogP) is 2.27. The van der Waals surface area contributed by atoms with Crippen LogP contribution in [0.4, 0.5) is 13.2 Å². The van der Waals surface area contributed by atoms with Crippen LogP contribution in [0.3, 0.4) is 0 Å². The lowest BCUT2D eigenvalue weighted by Crippen LogP contribution is -2.43. The summed E-state index contributed by atoms with van der Waals surface area (Å²) in [7, 11) is 1.49. The molecule has 0 fully saturated rings. The normalized spacial score (nSPS) is 15.6. The van der Waals surface area contributed by atoms with Gasteiger partial charge in [-0.3, -0.25) is 0 Å². The number of methoxy groups -OCH3 is 1. The highest BCUT2D eigenvalue weighted by molar-refractivity contribution is 5.83. The number of hydrogen-bond acceptors (Lipinski definition) is 4. The minimum atomic E-state index is -4.59. The first kappa shape index (κ1) is 17.1. The first-order chi connectivity index (χ1) is 9.81. The van der Waals surface area contributed by atoms with Crippen LogP contribution in [-0.2, 0) is 0 Å². The SMILES string of the molecule is COc1ccccc1[C@@H](C)NCC(/C(N)=N/O)C(F)(F)F. The number of nitrogens with one attached hydrogen (secondary N) is 1. The zero-order valence-electron chi connectivity index (χ0n) is 11.7. The zero-order valence-corrected chi connectivity index (χ0v) is 11.7. The van der Waals surface area contributed by atoms with E-state index >= 15 is 0 Å². The Morgan fingerprint density at radius 2 is 2.05 bits per heavy atom. The van der Waals surface area contributed by atoms with Crippen molar-refractivity contribution in [3.8, 4) is 5.75 Å². The van der Waals surface area contributed by atoms with Crippen molar-refractivity contribution in [1.29, 1.82) is 0 Å². The van der Waals surface area contributed by atoms with E-state index in [4.69, 9.17) is 15.7 Å². The molecule has 0 spiro atoms. The Labute approximate surface area is 120 Å². The van der Waals surface area contributed by atoms with Crippen molar-refractivity contribution in [2.24, 2.45) is 16.8 Å². The highest BCUT2D eigenvalue weighted by atomic mass is 19.4. The molecule has 8 heteroatoms. The lowest BCUT2D eigenvalue weighted by Gasteiger charge is -2.23. The van der Waals surface area contributed by atoms with E-state index in [-0.39, 0.29) is 0 Å². The van der Waals surface area contributed by atoms with Crippen LogP contribution in [0.1, 0.15) is 18.5 Å². The van der Waals surface area contributed by atoms with E-state index in [1.165, 1.54) is 7.11 Å². The van der Waals surface area contributed by atoms with E-state index in [9.17, 15) is 13.2 Å². The molecule has 0 aromatic heterocycles. The molecule has 2 atom stereocenters. The molecular formula is C13H18F3N3O2. The number of rotatable bonds is 6. The fourth-order valence-corrected chi connectivity index (χ4v) is 1.89. The Morgan fingerprint density at radius 3 is 2.57 bits per heavy atom. The number of ether oxygens (including phenoxy) is 1. The van der Waals surface area contributed by atoms with Crippen LogP contribution in [0.5, 0.6) is 5.75 Å².